The van der Waals surface area contributed by atoms with Crippen molar-refractivity contribution < 1.29 is 9.53 Å². The molecule has 0 atom stereocenters. The Morgan fingerprint density at radius 2 is 1.13 bits per heavy atom. The average molecular weight is 300 g/mol. The van der Waals surface area contributed by atoms with Gasteiger partial charge in [-0.15, -0.1) is 0 Å². The van der Waals surface area contributed by atoms with Crippen LogP contribution >= 0.6 is 0 Å². The van der Waals surface area contributed by atoms with Crippen LogP contribution in [0.25, 0.3) is 11.8 Å². The standard InChI is InChI=1S/C21H16O2/c22-21(19-14-8-3-9-15-19)23-20(18-12-6-2-7-13-18)16-17-10-4-1-5-11-17/h1-16H/b20-16-. The molecule has 0 aliphatic heterocycles. The molecule has 0 N–H and O–H groups in total. The van der Waals surface area contributed by atoms with Gasteiger partial charge >= 0.3 is 5.97 Å². The largest absolute Gasteiger partial charge is 0.422 e. The first kappa shape index (κ1) is 14.8. The van der Waals surface area contributed by atoms with E-state index in [9.17, 15) is 4.79 Å². The molecule has 3 rings (SSSR count). The van der Waals surface area contributed by atoms with Crippen molar-refractivity contribution in [3.63, 3.8) is 0 Å². The second-order valence-corrected chi connectivity index (χ2v) is 5.04. The molecule has 0 spiro atoms. The Kier molecular flexibility index (Phi) is 4.65. The van der Waals surface area contributed by atoms with Crippen LogP contribution in [-0.2, 0) is 4.74 Å². The van der Waals surface area contributed by atoms with Crippen LogP contribution < -0.4 is 0 Å². The molecule has 0 unspecified atom stereocenters. The number of ether oxygens (including phenoxy) is 1. The highest BCUT2D eigenvalue weighted by Crippen LogP contribution is 2.21. The molecule has 0 radical (unpaired) electrons. The van der Waals surface area contributed by atoms with Crippen molar-refractivity contribution in [3.05, 3.63) is 108 Å². The second kappa shape index (κ2) is 7.23. The minimum Gasteiger partial charge on any atom is -0.422 e. The van der Waals surface area contributed by atoms with Crippen molar-refractivity contribution in [2.24, 2.45) is 0 Å². The van der Waals surface area contributed by atoms with E-state index in [1.165, 1.54) is 0 Å². The molecule has 0 saturated heterocycles. The van der Waals surface area contributed by atoms with Crippen molar-refractivity contribution in [2.45, 2.75) is 0 Å². The van der Waals surface area contributed by atoms with Crippen molar-refractivity contribution in [3.8, 4) is 0 Å². The third-order valence-corrected chi connectivity index (χ3v) is 3.37. The lowest BCUT2D eigenvalue weighted by molar-refractivity contribution is 0.0693. The summed E-state index contributed by atoms with van der Waals surface area (Å²) in [4.78, 5) is 12.4. The van der Waals surface area contributed by atoms with Gasteiger partial charge in [-0.2, -0.15) is 0 Å². The van der Waals surface area contributed by atoms with E-state index in [1.54, 1.807) is 12.1 Å². The number of carbonyl (C=O) groups excluding carboxylic acids is 1. The summed E-state index contributed by atoms with van der Waals surface area (Å²) in [6, 6.07) is 28.4. The van der Waals surface area contributed by atoms with Crippen LogP contribution in [-0.4, -0.2) is 5.97 Å². The van der Waals surface area contributed by atoms with E-state index >= 15 is 0 Å². The molecule has 0 fully saturated rings. The highest BCUT2D eigenvalue weighted by Gasteiger charge is 2.11. The maximum Gasteiger partial charge on any atom is 0.343 e. The molecule has 0 bridgehead atoms. The minimum atomic E-state index is -0.364. The molecule has 3 aromatic carbocycles. The molecule has 112 valence electrons. The molecular formula is C21H16O2. The Hall–Kier alpha value is -3.13. The number of benzene rings is 3. The molecule has 2 nitrogen and oxygen atoms in total. The summed E-state index contributed by atoms with van der Waals surface area (Å²) < 4.78 is 5.65. The van der Waals surface area contributed by atoms with Gasteiger partial charge in [-0.25, -0.2) is 4.79 Å². The van der Waals surface area contributed by atoms with Gasteiger partial charge in [0.2, 0.25) is 0 Å². The van der Waals surface area contributed by atoms with Gasteiger partial charge in [0.1, 0.15) is 5.76 Å². The average Bonchev–Trinajstić information content (AvgIpc) is 2.63. The molecule has 0 aliphatic rings. The van der Waals surface area contributed by atoms with E-state index in [1.807, 2.05) is 84.9 Å². The summed E-state index contributed by atoms with van der Waals surface area (Å²) in [5.41, 5.74) is 2.37. The van der Waals surface area contributed by atoms with Gasteiger partial charge in [-0.05, 0) is 23.8 Å². The predicted molar refractivity (Wildman–Crippen MR) is 92.6 cm³/mol. The third-order valence-electron chi connectivity index (χ3n) is 3.37. The van der Waals surface area contributed by atoms with Gasteiger partial charge in [-0.3, -0.25) is 0 Å². The summed E-state index contributed by atoms with van der Waals surface area (Å²) in [7, 11) is 0. The van der Waals surface area contributed by atoms with Crippen LogP contribution in [0.3, 0.4) is 0 Å². The first-order valence-corrected chi connectivity index (χ1v) is 7.42. The van der Waals surface area contributed by atoms with Crippen molar-refractivity contribution in [2.75, 3.05) is 0 Å². The van der Waals surface area contributed by atoms with Crippen LogP contribution in [0.15, 0.2) is 91.0 Å². The topological polar surface area (TPSA) is 26.3 Å². The maximum atomic E-state index is 12.4. The van der Waals surface area contributed by atoms with Gasteiger partial charge in [0.25, 0.3) is 0 Å². The Bertz CT molecular complexity index is 791. The molecule has 3 aromatic rings. The molecule has 23 heavy (non-hydrogen) atoms. The highest BCUT2D eigenvalue weighted by atomic mass is 16.5. The molecule has 0 aliphatic carbocycles. The monoisotopic (exact) mass is 300 g/mol. The number of esters is 1. The lowest BCUT2D eigenvalue weighted by Crippen LogP contribution is -2.04. The van der Waals surface area contributed by atoms with E-state index in [-0.39, 0.29) is 5.97 Å². The Labute approximate surface area is 135 Å². The van der Waals surface area contributed by atoms with E-state index in [0.717, 1.165) is 11.1 Å². The Balaban J connectivity index is 1.93. The first-order valence-electron chi connectivity index (χ1n) is 7.42. The summed E-state index contributed by atoms with van der Waals surface area (Å²) in [6.07, 6.45) is 1.87. The number of carbonyl (C=O) groups is 1. The Morgan fingerprint density at radius 3 is 1.70 bits per heavy atom. The molecule has 0 saturated carbocycles. The predicted octanol–water partition coefficient (Wildman–Crippen LogP) is 5.04. The fraction of sp³-hybridized carbons (Fsp3) is 0. The van der Waals surface area contributed by atoms with Gasteiger partial charge < -0.3 is 4.74 Å². The van der Waals surface area contributed by atoms with Gasteiger partial charge in [0.15, 0.2) is 0 Å². The third kappa shape index (κ3) is 3.95. The van der Waals surface area contributed by atoms with Crippen molar-refractivity contribution in [1.82, 2.24) is 0 Å². The number of hydrogen-bond acceptors (Lipinski definition) is 2. The molecular weight excluding hydrogens is 284 g/mol. The minimum absolute atomic E-state index is 0.364. The van der Waals surface area contributed by atoms with E-state index in [0.29, 0.717) is 11.3 Å². The molecule has 0 amide bonds. The van der Waals surface area contributed by atoms with Crippen LogP contribution in [0.5, 0.6) is 0 Å². The molecule has 0 heterocycles. The van der Waals surface area contributed by atoms with Crippen molar-refractivity contribution >= 4 is 17.8 Å². The zero-order chi connectivity index (χ0) is 15.9. The maximum absolute atomic E-state index is 12.4. The normalized spacial score (nSPS) is 11.0. The zero-order valence-electron chi connectivity index (χ0n) is 12.6. The summed E-state index contributed by atoms with van der Waals surface area (Å²) >= 11 is 0. The summed E-state index contributed by atoms with van der Waals surface area (Å²) in [6.45, 7) is 0. The second-order valence-electron chi connectivity index (χ2n) is 5.04. The Morgan fingerprint density at radius 1 is 0.652 bits per heavy atom. The zero-order valence-corrected chi connectivity index (χ0v) is 12.6. The van der Waals surface area contributed by atoms with Gasteiger partial charge in [-0.1, -0.05) is 78.9 Å². The van der Waals surface area contributed by atoms with E-state index < -0.39 is 0 Å². The van der Waals surface area contributed by atoms with Gasteiger partial charge in [0.05, 0.1) is 5.56 Å². The number of rotatable bonds is 4. The van der Waals surface area contributed by atoms with Crippen LogP contribution in [0.1, 0.15) is 21.5 Å². The molecule has 2 heteroatoms. The van der Waals surface area contributed by atoms with Gasteiger partial charge in [0, 0.05) is 5.56 Å². The first-order chi connectivity index (χ1) is 11.3. The number of hydrogen-bond donors (Lipinski definition) is 0. The summed E-state index contributed by atoms with van der Waals surface area (Å²) in [5.74, 6) is 0.169. The SMILES string of the molecule is O=C(O/C(=C\c1ccccc1)c1ccccc1)c1ccccc1. The van der Waals surface area contributed by atoms with E-state index in [4.69, 9.17) is 4.74 Å². The van der Waals surface area contributed by atoms with Crippen molar-refractivity contribution in [1.29, 1.82) is 0 Å². The van der Waals surface area contributed by atoms with Crippen LogP contribution in [0, 0.1) is 0 Å². The smallest absolute Gasteiger partial charge is 0.343 e. The lowest BCUT2D eigenvalue weighted by Gasteiger charge is -2.09. The molecule has 0 aromatic heterocycles. The fourth-order valence-corrected chi connectivity index (χ4v) is 2.21. The summed E-state index contributed by atoms with van der Waals surface area (Å²) in [5, 5.41) is 0. The lowest BCUT2D eigenvalue weighted by atomic mass is 10.1. The van der Waals surface area contributed by atoms with Crippen LogP contribution in [0.4, 0.5) is 0 Å². The van der Waals surface area contributed by atoms with Crippen LogP contribution in [0.2, 0.25) is 0 Å². The van der Waals surface area contributed by atoms with E-state index in [2.05, 4.69) is 0 Å². The highest BCUT2D eigenvalue weighted by molar-refractivity contribution is 5.95. The quantitative estimate of drug-likeness (QED) is 0.383. The fourth-order valence-electron chi connectivity index (χ4n) is 2.21.